The quantitative estimate of drug-likeness (QED) is 0.315. The molecule has 2 heteroatoms. The summed E-state index contributed by atoms with van der Waals surface area (Å²) in [5.41, 5.74) is 2.66. The van der Waals surface area contributed by atoms with Crippen LogP contribution in [0.1, 0.15) is 78.6 Å². The van der Waals surface area contributed by atoms with Gasteiger partial charge in [0.1, 0.15) is 0 Å². The van der Waals surface area contributed by atoms with Crippen LogP contribution in [0.15, 0.2) is 23.3 Å². The summed E-state index contributed by atoms with van der Waals surface area (Å²) in [7, 11) is 0. The predicted octanol–water partition coefficient (Wildman–Crippen LogP) is 5.58. The van der Waals surface area contributed by atoms with Crippen LogP contribution in [0.2, 0.25) is 0 Å². The van der Waals surface area contributed by atoms with Gasteiger partial charge in [-0.3, -0.25) is 0 Å². The van der Waals surface area contributed by atoms with Crippen LogP contribution in [0.25, 0.3) is 0 Å². The van der Waals surface area contributed by atoms with Crippen LogP contribution >= 0.6 is 0 Å². The Labute approximate surface area is 130 Å². The van der Waals surface area contributed by atoms with E-state index in [9.17, 15) is 4.79 Å². The van der Waals surface area contributed by atoms with E-state index in [1.165, 1.54) is 56.9 Å². The Bertz CT molecular complexity index is 366. The van der Waals surface area contributed by atoms with Crippen LogP contribution < -0.4 is 0 Å². The van der Waals surface area contributed by atoms with Crippen molar-refractivity contribution < 1.29 is 9.53 Å². The van der Waals surface area contributed by atoms with Gasteiger partial charge in [-0.25, -0.2) is 4.79 Å². The van der Waals surface area contributed by atoms with Gasteiger partial charge in [0, 0.05) is 6.08 Å². The van der Waals surface area contributed by atoms with E-state index in [2.05, 4.69) is 19.9 Å². The van der Waals surface area contributed by atoms with Crippen molar-refractivity contribution >= 4 is 5.97 Å². The van der Waals surface area contributed by atoms with Crippen molar-refractivity contribution in [2.75, 3.05) is 6.61 Å². The van der Waals surface area contributed by atoms with Gasteiger partial charge in [0.15, 0.2) is 0 Å². The van der Waals surface area contributed by atoms with E-state index >= 15 is 0 Å². The maximum absolute atomic E-state index is 11.5. The molecule has 1 aliphatic carbocycles. The molecular formula is C19H32O2. The predicted molar refractivity (Wildman–Crippen MR) is 89.2 cm³/mol. The van der Waals surface area contributed by atoms with Crippen molar-refractivity contribution in [2.24, 2.45) is 5.92 Å². The van der Waals surface area contributed by atoms with Crippen LogP contribution in [0.3, 0.4) is 0 Å². The lowest BCUT2D eigenvalue weighted by Crippen LogP contribution is -2.05. The number of unbranched alkanes of at least 4 members (excludes halogenated alkanes) is 3. The van der Waals surface area contributed by atoms with E-state index in [1.807, 2.05) is 6.92 Å². The van der Waals surface area contributed by atoms with Gasteiger partial charge < -0.3 is 4.74 Å². The smallest absolute Gasteiger partial charge is 0.331 e. The molecule has 1 unspecified atom stereocenters. The Hall–Kier alpha value is -1.05. The molecule has 0 fully saturated rings. The van der Waals surface area contributed by atoms with Crippen molar-refractivity contribution in [3.05, 3.63) is 23.3 Å². The molecule has 0 saturated carbocycles. The number of carbonyl (C=O) groups is 1. The second-order valence-corrected chi connectivity index (χ2v) is 6.29. The second kappa shape index (κ2) is 10.6. The van der Waals surface area contributed by atoms with Crippen LogP contribution in [0.5, 0.6) is 0 Å². The first kappa shape index (κ1) is 18.0. The molecule has 0 radical (unpaired) electrons. The van der Waals surface area contributed by atoms with E-state index in [-0.39, 0.29) is 5.97 Å². The maximum atomic E-state index is 11.5. The molecule has 0 heterocycles. The molecule has 0 aromatic rings. The average Bonchev–Trinajstić information content (AvgIpc) is 2.44. The Morgan fingerprint density at radius 3 is 2.81 bits per heavy atom. The largest absolute Gasteiger partial charge is 0.463 e. The molecule has 0 aromatic heterocycles. The Morgan fingerprint density at radius 1 is 1.29 bits per heavy atom. The Kier molecular flexibility index (Phi) is 9.12. The van der Waals surface area contributed by atoms with E-state index in [0.29, 0.717) is 6.61 Å². The summed E-state index contributed by atoms with van der Waals surface area (Å²) in [5.74, 6) is 0.563. The van der Waals surface area contributed by atoms with Gasteiger partial charge in [0.2, 0.25) is 0 Å². The van der Waals surface area contributed by atoms with Crippen molar-refractivity contribution in [3.63, 3.8) is 0 Å². The van der Waals surface area contributed by atoms with E-state index < -0.39 is 0 Å². The van der Waals surface area contributed by atoms with Crippen LogP contribution in [-0.2, 0) is 9.53 Å². The lowest BCUT2D eigenvalue weighted by atomic mass is 9.87. The first-order chi connectivity index (χ1) is 10.2. The minimum Gasteiger partial charge on any atom is -0.463 e. The summed E-state index contributed by atoms with van der Waals surface area (Å²) in [4.78, 5) is 11.5. The number of allylic oxidation sites excluding steroid dienone is 3. The summed E-state index contributed by atoms with van der Waals surface area (Å²) in [6, 6.07) is 0. The van der Waals surface area contributed by atoms with Crippen molar-refractivity contribution in [2.45, 2.75) is 78.6 Å². The van der Waals surface area contributed by atoms with Crippen LogP contribution in [0.4, 0.5) is 0 Å². The van der Waals surface area contributed by atoms with Gasteiger partial charge in [-0.05, 0) is 44.1 Å². The highest BCUT2D eigenvalue weighted by Crippen LogP contribution is 2.28. The summed E-state index contributed by atoms with van der Waals surface area (Å²) >= 11 is 0. The zero-order valence-corrected chi connectivity index (χ0v) is 14.1. The van der Waals surface area contributed by atoms with E-state index in [1.54, 1.807) is 6.08 Å². The molecule has 0 spiro atoms. The fourth-order valence-electron chi connectivity index (χ4n) is 3.01. The van der Waals surface area contributed by atoms with E-state index in [4.69, 9.17) is 4.74 Å². The number of ether oxygens (including phenoxy) is 1. The Morgan fingerprint density at radius 2 is 2.10 bits per heavy atom. The topological polar surface area (TPSA) is 26.3 Å². The first-order valence-electron chi connectivity index (χ1n) is 8.72. The molecule has 120 valence electrons. The number of hydrogen-bond donors (Lipinski definition) is 0. The summed E-state index contributed by atoms with van der Waals surface area (Å²) in [6.07, 6.45) is 15.2. The molecule has 0 saturated heterocycles. The second-order valence-electron chi connectivity index (χ2n) is 6.29. The van der Waals surface area contributed by atoms with Gasteiger partial charge in [0.25, 0.3) is 0 Å². The van der Waals surface area contributed by atoms with Gasteiger partial charge >= 0.3 is 5.97 Å². The molecule has 0 aromatic carbocycles. The zero-order chi connectivity index (χ0) is 15.5. The third kappa shape index (κ3) is 8.08. The molecule has 0 N–H and O–H groups in total. The highest BCUT2D eigenvalue weighted by molar-refractivity contribution is 5.83. The third-order valence-electron chi connectivity index (χ3n) is 4.10. The van der Waals surface area contributed by atoms with Gasteiger partial charge in [0.05, 0.1) is 6.61 Å². The monoisotopic (exact) mass is 292 g/mol. The first-order valence-corrected chi connectivity index (χ1v) is 8.72. The number of carbonyl (C=O) groups excluding carboxylic acids is 1. The molecule has 1 atom stereocenters. The standard InChI is InChI=1S/C19H32O2/c1-4-6-7-8-10-16(3)13-17-11-9-12-18(14-17)15-19(20)21-5-2/h14-16H,4-13H2,1-3H3/b18-15+. The van der Waals surface area contributed by atoms with Crippen molar-refractivity contribution in [1.82, 2.24) is 0 Å². The molecule has 2 nitrogen and oxygen atoms in total. The SMILES string of the molecule is CCCCCCC(C)CC1=C/C(=C/C(=O)OCC)CCC1. The summed E-state index contributed by atoms with van der Waals surface area (Å²) in [5, 5.41) is 0. The summed E-state index contributed by atoms with van der Waals surface area (Å²) < 4.78 is 4.99. The fraction of sp³-hybridized carbons (Fsp3) is 0.737. The minimum atomic E-state index is -0.197. The minimum absolute atomic E-state index is 0.197. The highest BCUT2D eigenvalue weighted by Gasteiger charge is 2.12. The molecule has 1 rings (SSSR count). The molecular weight excluding hydrogens is 260 g/mol. The number of hydrogen-bond acceptors (Lipinski definition) is 2. The van der Waals surface area contributed by atoms with Crippen LogP contribution in [0, 0.1) is 5.92 Å². The average molecular weight is 292 g/mol. The fourth-order valence-corrected chi connectivity index (χ4v) is 3.01. The lowest BCUT2D eigenvalue weighted by molar-refractivity contribution is -0.137. The molecule has 0 amide bonds. The number of rotatable bonds is 9. The van der Waals surface area contributed by atoms with Crippen molar-refractivity contribution in [1.29, 1.82) is 0 Å². The highest BCUT2D eigenvalue weighted by atomic mass is 16.5. The molecule has 21 heavy (non-hydrogen) atoms. The van der Waals surface area contributed by atoms with Gasteiger partial charge in [-0.15, -0.1) is 0 Å². The lowest BCUT2D eigenvalue weighted by Gasteiger charge is -2.19. The maximum Gasteiger partial charge on any atom is 0.331 e. The molecule has 0 aliphatic heterocycles. The summed E-state index contributed by atoms with van der Waals surface area (Å²) in [6.45, 7) is 6.91. The Balaban J connectivity index is 2.42. The number of esters is 1. The normalized spacial score (nSPS) is 18.4. The van der Waals surface area contributed by atoms with Gasteiger partial charge in [-0.2, -0.15) is 0 Å². The van der Waals surface area contributed by atoms with E-state index in [0.717, 1.165) is 17.9 Å². The van der Waals surface area contributed by atoms with Gasteiger partial charge in [-0.1, -0.05) is 57.6 Å². The third-order valence-corrected chi connectivity index (χ3v) is 4.10. The zero-order valence-electron chi connectivity index (χ0n) is 14.1. The molecule has 0 bridgehead atoms. The van der Waals surface area contributed by atoms with Crippen LogP contribution in [-0.4, -0.2) is 12.6 Å². The molecule has 1 aliphatic rings. The van der Waals surface area contributed by atoms with Crippen molar-refractivity contribution in [3.8, 4) is 0 Å².